The lowest BCUT2D eigenvalue weighted by Gasteiger charge is -2.21. The molecule has 0 aliphatic carbocycles. The van der Waals surface area contributed by atoms with E-state index < -0.39 is 97.5 Å². The fraction of sp³-hybridized carbons (Fsp3) is 0.818. The lowest BCUT2D eigenvalue weighted by Crippen LogP contribution is -2.30. The van der Waals surface area contributed by atoms with Crippen LogP contribution in [0.5, 0.6) is 0 Å². The molecule has 0 heterocycles. The van der Waals surface area contributed by atoms with E-state index in [1.165, 1.54) is 109 Å². The predicted molar refractivity (Wildman–Crippen MR) is 390 cm³/mol. The molecule has 0 rings (SSSR count). The minimum absolute atomic E-state index is 0.0854. The van der Waals surface area contributed by atoms with Gasteiger partial charge in [0.1, 0.15) is 19.3 Å². The number of unbranched alkanes of at least 4 members (excludes halogenated alkanes) is 37. The fourth-order valence-electron chi connectivity index (χ4n) is 10.5. The molecule has 0 spiro atoms. The number of carbonyl (C=O) groups is 4. The van der Waals surface area contributed by atoms with Crippen molar-refractivity contribution in [1.82, 2.24) is 0 Å². The van der Waals surface area contributed by atoms with Gasteiger partial charge >= 0.3 is 39.5 Å². The van der Waals surface area contributed by atoms with Crippen LogP contribution in [0.2, 0.25) is 0 Å². The van der Waals surface area contributed by atoms with Crippen molar-refractivity contribution < 1.29 is 80.2 Å². The first-order chi connectivity index (χ1) is 46.7. The van der Waals surface area contributed by atoms with Crippen LogP contribution in [0.25, 0.3) is 0 Å². The van der Waals surface area contributed by atoms with E-state index in [4.69, 9.17) is 37.0 Å². The van der Waals surface area contributed by atoms with Crippen molar-refractivity contribution in [1.29, 1.82) is 0 Å². The Hall–Kier alpha value is -3.24. The van der Waals surface area contributed by atoms with E-state index in [9.17, 15) is 43.2 Å². The summed E-state index contributed by atoms with van der Waals surface area (Å²) in [5, 5.41) is 10.6. The fourth-order valence-corrected chi connectivity index (χ4v) is 12.0. The molecular formula is C77H140O17P2. The number of aliphatic hydroxyl groups is 1. The molecule has 0 aromatic rings. The highest BCUT2D eigenvalue weighted by atomic mass is 31.2. The minimum Gasteiger partial charge on any atom is -0.462 e. The van der Waals surface area contributed by atoms with E-state index in [-0.39, 0.29) is 25.7 Å². The number of phosphoric acid groups is 2. The topological polar surface area (TPSA) is 237 Å². The quantitative estimate of drug-likeness (QED) is 0.0169. The molecular weight excluding hydrogens is 1260 g/mol. The number of hydrogen-bond donors (Lipinski definition) is 3. The zero-order valence-corrected chi connectivity index (χ0v) is 62.8. The maximum atomic E-state index is 13.1. The second kappa shape index (κ2) is 70.2. The van der Waals surface area contributed by atoms with E-state index in [1.54, 1.807) is 0 Å². The Morgan fingerprint density at radius 3 is 0.812 bits per heavy atom. The third kappa shape index (κ3) is 69.2. The normalized spacial score (nSPS) is 14.3. The predicted octanol–water partition coefficient (Wildman–Crippen LogP) is 21.9. The van der Waals surface area contributed by atoms with Gasteiger partial charge < -0.3 is 33.8 Å². The number of rotatable bonds is 73. The highest BCUT2D eigenvalue weighted by molar-refractivity contribution is 7.47. The van der Waals surface area contributed by atoms with E-state index in [2.05, 4.69) is 88.5 Å². The van der Waals surface area contributed by atoms with Crippen molar-refractivity contribution in [2.45, 2.75) is 367 Å². The molecule has 17 nitrogen and oxygen atoms in total. The Morgan fingerprint density at radius 1 is 0.292 bits per heavy atom. The maximum Gasteiger partial charge on any atom is 0.472 e. The Balaban J connectivity index is 5.34. The number of esters is 4. The zero-order valence-electron chi connectivity index (χ0n) is 61.1. The first-order valence-corrected chi connectivity index (χ1v) is 41.5. The summed E-state index contributed by atoms with van der Waals surface area (Å²) in [6.45, 7) is 4.81. The summed E-state index contributed by atoms with van der Waals surface area (Å²) in [7, 11) is -9.94. The molecule has 0 saturated heterocycles. The lowest BCUT2D eigenvalue weighted by atomic mass is 10.1. The highest BCUT2D eigenvalue weighted by Gasteiger charge is 2.30. The molecule has 5 atom stereocenters. The molecule has 3 N–H and O–H groups in total. The number of hydrogen-bond acceptors (Lipinski definition) is 15. The summed E-state index contributed by atoms with van der Waals surface area (Å²) < 4.78 is 68.4. The van der Waals surface area contributed by atoms with Crippen molar-refractivity contribution in [3.05, 3.63) is 60.8 Å². The largest absolute Gasteiger partial charge is 0.472 e. The van der Waals surface area contributed by atoms with E-state index in [0.717, 1.165) is 161 Å². The first-order valence-electron chi connectivity index (χ1n) is 38.5. The summed E-state index contributed by atoms with van der Waals surface area (Å²) >= 11 is 0. The van der Waals surface area contributed by atoms with Crippen LogP contribution in [-0.4, -0.2) is 96.7 Å². The third-order valence-electron chi connectivity index (χ3n) is 16.4. The smallest absolute Gasteiger partial charge is 0.462 e. The number of carbonyl (C=O) groups excluding carboxylic acids is 4. The van der Waals surface area contributed by atoms with Crippen molar-refractivity contribution >= 4 is 39.5 Å². The lowest BCUT2D eigenvalue weighted by molar-refractivity contribution is -0.161. The third-order valence-corrected chi connectivity index (χ3v) is 18.3. The second-order valence-corrected chi connectivity index (χ2v) is 28.8. The minimum atomic E-state index is -4.97. The molecule has 0 aromatic carbocycles. The maximum absolute atomic E-state index is 13.1. The monoisotopic (exact) mass is 1400 g/mol. The summed E-state index contributed by atoms with van der Waals surface area (Å²) in [5.41, 5.74) is 0. The molecule has 0 aliphatic rings. The molecule has 0 bridgehead atoms. The number of allylic oxidation sites excluding steroid dienone is 10. The van der Waals surface area contributed by atoms with Gasteiger partial charge in [0.2, 0.25) is 0 Å². The zero-order chi connectivity index (χ0) is 70.4. The van der Waals surface area contributed by atoms with E-state index >= 15 is 0 Å². The molecule has 96 heavy (non-hydrogen) atoms. The summed E-state index contributed by atoms with van der Waals surface area (Å²) in [6.07, 6.45) is 67.7. The van der Waals surface area contributed by atoms with Crippen LogP contribution in [-0.2, 0) is 65.4 Å². The van der Waals surface area contributed by atoms with Crippen molar-refractivity contribution in [2.24, 2.45) is 0 Å². The van der Waals surface area contributed by atoms with Gasteiger partial charge in [0.05, 0.1) is 26.4 Å². The molecule has 0 amide bonds. The van der Waals surface area contributed by atoms with Crippen molar-refractivity contribution in [3.8, 4) is 0 Å². The van der Waals surface area contributed by atoms with E-state index in [1.807, 2.05) is 0 Å². The molecule has 0 aromatic heterocycles. The number of ether oxygens (including phenoxy) is 4. The summed E-state index contributed by atoms with van der Waals surface area (Å²) in [6, 6.07) is 0. The molecule has 0 fully saturated rings. The van der Waals surface area contributed by atoms with Gasteiger partial charge in [-0.15, -0.1) is 0 Å². The summed E-state index contributed by atoms with van der Waals surface area (Å²) in [4.78, 5) is 72.8. The van der Waals surface area contributed by atoms with Gasteiger partial charge in [-0.3, -0.25) is 37.3 Å². The van der Waals surface area contributed by atoms with E-state index in [0.29, 0.717) is 25.7 Å². The molecule has 2 unspecified atom stereocenters. The van der Waals surface area contributed by atoms with Crippen molar-refractivity contribution in [3.63, 3.8) is 0 Å². The Kier molecular flexibility index (Phi) is 67.8. The number of aliphatic hydroxyl groups excluding tert-OH is 1. The van der Waals surface area contributed by atoms with Gasteiger partial charge in [-0.1, -0.05) is 249 Å². The highest BCUT2D eigenvalue weighted by Crippen LogP contribution is 2.45. The van der Waals surface area contributed by atoms with Crippen LogP contribution >= 0.6 is 15.6 Å². The summed E-state index contributed by atoms with van der Waals surface area (Å²) in [5.74, 6) is -2.19. The Labute approximate surface area is 584 Å². The number of phosphoric ester groups is 2. The van der Waals surface area contributed by atoms with Crippen LogP contribution < -0.4 is 0 Å². The van der Waals surface area contributed by atoms with Crippen LogP contribution in [0.15, 0.2) is 60.8 Å². The van der Waals surface area contributed by atoms with Gasteiger partial charge in [-0.2, -0.15) is 0 Å². The second-order valence-electron chi connectivity index (χ2n) is 25.9. The van der Waals surface area contributed by atoms with Gasteiger partial charge in [-0.05, 0) is 135 Å². The van der Waals surface area contributed by atoms with Crippen LogP contribution in [0.1, 0.15) is 349 Å². The van der Waals surface area contributed by atoms with Gasteiger partial charge in [0, 0.05) is 25.7 Å². The van der Waals surface area contributed by atoms with Gasteiger partial charge in [0.25, 0.3) is 0 Å². The first kappa shape index (κ1) is 92.8. The Morgan fingerprint density at radius 2 is 0.510 bits per heavy atom. The molecule has 0 aliphatic heterocycles. The standard InChI is InChI=1S/C77H140O17P2/c1-5-9-13-17-21-25-29-33-35-39-42-46-50-54-58-62-75(80)88-68-73(94-77(82)64-60-56-52-48-44-40-36-34-30-26-22-18-14-10-6-2)70-92-96(85,86)90-66-71(78)65-89-95(83,84)91-69-72(93-76(81)63-59-55-51-47-43-38-32-28-24-20-16-12-8-4)67-87-74(79)61-57-53-49-45-41-37-31-27-23-19-15-11-7-3/h21,25,27-28,31-36,71-73,78H,5-20,22-24,26,29-30,37-70H2,1-4H3,(H,83,84)(H,85,86)/b25-21-,31-27-,32-28-,35-33-,36-34-/t71-,72-,73-/m1/s1. The molecule has 0 saturated carbocycles. The average Bonchev–Trinajstić information content (AvgIpc) is 1.36. The van der Waals surface area contributed by atoms with Crippen LogP contribution in [0.3, 0.4) is 0 Å². The average molecular weight is 1400 g/mol. The SMILES string of the molecule is CCCCC/C=C\C/C=C\CCCCCCCC(=O)OC[C@H](COP(=O)(O)OC[C@H](O)COP(=O)(O)OC[C@@H](COC(=O)CCCCCCC/C=C\CCCCCC)OC(=O)CCCCCCC/C=C\CCCCCC)OC(=O)CCCCCCC/C=C\CCCCCCCC. The van der Waals surface area contributed by atoms with Gasteiger partial charge in [0.15, 0.2) is 12.2 Å². The van der Waals surface area contributed by atoms with Crippen molar-refractivity contribution in [2.75, 3.05) is 39.6 Å². The molecule has 560 valence electrons. The van der Waals surface area contributed by atoms with Crippen LogP contribution in [0.4, 0.5) is 0 Å². The molecule has 0 radical (unpaired) electrons. The van der Waals surface area contributed by atoms with Crippen LogP contribution in [0, 0.1) is 0 Å². The Bertz CT molecular complexity index is 2060. The molecule has 19 heteroatoms. The van der Waals surface area contributed by atoms with Gasteiger partial charge in [-0.25, -0.2) is 9.13 Å².